The molecule has 2 amide bonds. The largest absolute Gasteiger partial charge is 0.353 e. The van der Waals surface area contributed by atoms with Crippen molar-refractivity contribution in [2.75, 3.05) is 6.54 Å². The smallest absolute Gasteiger partial charge is 0.226 e. The van der Waals surface area contributed by atoms with Gasteiger partial charge in [0.15, 0.2) is 0 Å². The van der Waals surface area contributed by atoms with Crippen molar-refractivity contribution in [2.24, 2.45) is 11.8 Å². The second kappa shape index (κ2) is 8.90. The summed E-state index contributed by atoms with van der Waals surface area (Å²) in [4.78, 5) is 28.1. The highest BCUT2D eigenvalue weighted by Crippen LogP contribution is 2.37. The molecule has 3 atom stereocenters. The van der Waals surface area contributed by atoms with Gasteiger partial charge in [-0.1, -0.05) is 49.6 Å². The SMILES string of the molecule is CC[C@H](C)NC(=O)[C@@H]1CC[C@H](c2cccc(C)c2)N(C(=O)C2CCCC2)C1. The second-order valence-electron chi connectivity index (χ2n) is 8.49. The van der Waals surface area contributed by atoms with Gasteiger partial charge >= 0.3 is 0 Å². The van der Waals surface area contributed by atoms with Crippen molar-refractivity contribution in [3.05, 3.63) is 35.4 Å². The Balaban J connectivity index is 1.79. The summed E-state index contributed by atoms with van der Waals surface area (Å²) in [6.45, 7) is 6.77. The van der Waals surface area contributed by atoms with Gasteiger partial charge in [-0.15, -0.1) is 0 Å². The Morgan fingerprint density at radius 1 is 1.15 bits per heavy atom. The van der Waals surface area contributed by atoms with Crippen LogP contribution in [0.4, 0.5) is 0 Å². The second-order valence-corrected chi connectivity index (χ2v) is 8.49. The highest BCUT2D eigenvalue weighted by Gasteiger charge is 2.38. The first-order chi connectivity index (χ1) is 13.0. The number of carbonyl (C=O) groups is 2. The first-order valence-corrected chi connectivity index (χ1v) is 10.7. The van der Waals surface area contributed by atoms with Crippen LogP contribution in [-0.4, -0.2) is 29.3 Å². The topological polar surface area (TPSA) is 49.4 Å². The molecule has 1 N–H and O–H groups in total. The number of likely N-dealkylation sites (tertiary alicyclic amines) is 1. The maximum Gasteiger partial charge on any atom is 0.226 e. The van der Waals surface area contributed by atoms with Gasteiger partial charge in [-0.3, -0.25) is 9.59 Å². The van der Waals surface area contributed by atoms with Crippen LogP contribution < -0.4 is 5.32 Å². The summed E-state index contributed by atoms with van der Waals surface area (Å²) in [7, 11) is 0. The summed E-state index contributed by atoms with van der Waals surface area (Å²) in [6, 6.07) is 8.78. The normalized spacial score (nSPS) is 24.6. The molecule has 0 unspecified atom stereocenters. The van der Waals surface area contributed by atoms with Crippen LogP contribution in [0, 0.1) is 18.8 Å². The number of rotatable bonds is 5. The van der Waals surface area contributed by atoms with Crippen LogP contribution in [0.15, 0.2) is 24.3 Å². The molecular formula is C23H34N2O2. The van der Waals surface area contributed by atoms with Crippen molar-refractivity contribution >= 4 is 11.8 Å². The zero-order valence-corrected chi connectivity index (χ0v) is 17.0. The van der Waals surface area contributed by atoms with E-state index in [-0.39, 0.29) is 35.7 Å². The van der Waals surface area contributed by atoms with Crippen LogP contribution in [0.2, 0.25) is 0 Å². The number of benzene rings is 1. The first kappa shape index (κ1) is 19.9. The third-order valence-corrected chi connectivity index (χ3v) is 6.37. The van der Waals surface area contributed by atoms with E-state index in [1.807, 2.05) is 11.8 Å². The van der Waals surface area contributed by atoms with Crippen molar-refractivity contribution < 1.29 is 9.59 Å². The Labute approximate surface area is 163 Å². The van der Waals surface area contributed by atoms with E-state index in [9.17, 15) is 9.59 Å². The molecule has 27 heavy (non-hydrogen) atoms. The van der Waals surface area contributed by atoms with Crippen LogP contribution in [0.1, 0.15) is 76.0 Å². The van der Waals surface area contributed by atoms with Crippen molar-refractivity contribution in [2.45, 2.75) is 77.8 Å². The molecule has 1 aliphatic heterocycles. The van der Waals surface area contributed by atoms with Gasteiger partial charge in [0.2, 0.25) is 11.8 Å². The fraction of sp³-hybridized carbons (Fsp3) is 0.652. The third-order valence-electron chi connectivity index (χ3n) is 6.37. The molecule has 2 fully saturated rings. The Hall–Kier alpha value is -1.84. The molecule has 1 saturated heterocycles. The number of hydrogen-bond donors (Lipinski definition) is 1. The lowest BCUT2D eigenvalue weighted by atomic mass is 9.86. The number of nitrogens with one attached hydrogen (secondary N) is 1. The molecule has 1 aromatic carbocycles. The number of nitrogens with zero attached hydrogens (tertiary/aromatic N) is 1. The molecule has 2 aliphatic rings. The molecule has 1 saturated carbocycles. The standard InChI is InChI=1S/C23H34N2O2/c1-4-17(3)24-22(26)20-12-13-21(19-11-7-8-16(2)14-19)25(15-20)23(27)18-9-5-6-10-18/h7-8,11,14,17-18,20-21H,4-6,9-10,12-13,15H2,1-3H3,(H,24,26)/t17-,20+,21+/m0/s1. The number of carbonyl (C=O) groups excluding carboxylic acids is 2. The molecule has 4 heteroatoms. The van der Waals surface area contributed by atoms with Crippen molar-refractivity contribution in [1.29, 1.82) is 0 Å². The summed E-state index contributed by atoms with van der Waals surface area (Å²) < 4.78 is 0. The summed E-state index contributed by atoms with van der Waals surface area (Å²) in [6.07, 6.45) is 6.93. The number of hydrogen-bond acceptors (Lipinski definition) is 2. The van der Waals surface area contributed by atoms with Gasteiger partial charge in [-0.05, 0) is 51.5 Å². The highest BCUT2D eigenvalue weighted by molar-refractivity contribution is 5.83. The molecule has 0 radical (unpaired) electrons. The first-order valence-electron chi connectivity index (χ1n) is 10.7. The zero-order chi connectivity index (χ0) is 19.4. The quantitative estimate of drug-likeness (QED) is 0.836. The van der Waals surface area contributed by atoms with Gasteiger partial charge in [0.05, 0.1) is 12.0 Å². The number of piperidine rings is 1. The van der Waals surface area contributed by atoms with E-state index in [1.165, 1.54) is 11.1 Å². The summed E-state index contributed by atoms with van der Waals surface area (Å²) in [5.74, 6) is 0.426. The minimum absolute atomic E-state index is 0.0922. The highest BCUT2D eigenvalue weighted by atomic mass is 16.2. The molecule has 0 aromatic heterocycles. The van der Waals surface area contributed by atoms with E-state index in [1.54, 1.807) is 0 Å². The molecule has 0 spiro atoms. The lowest BCUT2D eigenvalue weighted by molar-refractivity contribution is -0.142. The minimum Gasteiger partial charge on any atom is -0.353 e. The van der Waals surface area contributed by atoms with Gasteiger partial charge in [0.1, 0.15) is 0 Å². The van der Waals surface area contributed by atoms with E-state index in [2.05, 4.69) is 43.4 Å². The molecular weight excluding hydrogens is 336 g/mol. The fourth-order valence-electron chi connectivity index (χ4n) is 4.52. The number of amides is 2. The van der Waals surface area contributed by atoms with Crippen LogP contribution in [0.3, 0.4) is 0 Å². The summed E-state index contributed by atoms with van der Waals surface area (Å²) in [5.41, 5.74) is 2.43. The molecule has 1 heterocycles. The molecule has 3 rings (SSSR count). The fourth-order valence-corrected chi connectivity index (χ4v) is 4.52. The van der Waals surface area contributed by atoms with Gasteiger partial charge in [-0.25, -0.2) is 0 Å². The van der Waals surface area contributed by atoms with Gasteiger partial charge in [0, 0.05) is 18.5 Å². The van der Waals surface area contributed by atoms with Crippen molar-refractivity contribution in [1.82, 2.24) is 10.2 Å². The van der Waals surface area contributed by atoms with Crippen molar-refractivity contribution in [3.63, 3.8) is 0 Å². The average Bonchev–Trinajstić information content (AvgIpc) is 3.21. The minimum atomic E-state index is -0.0922. The van der Waals surface area contributed by atoms with E-state index >= 15 is 0 Å². The van der Waals surface area contributed by atoms with Crippen molar-refractivity contribution in [3.8, 4) is 0 Å². The molecule has 0 bridgehead atoms. The van der Waals surface area contributed by atoms with Crippen LogP contribution in [0.5, 0.6) is 0 Å². The molecule has 4 nitrogen and oxygen atoms in total. The molecule has 1 aliphatic carbocycles. The van der Waals surface area contributed by atoms with E-state index in [0.717, 1.165) is 44.9 Å². The van der Waals surface area contributed by atoms with Gasteiger partial charge in [0.25, 0.3) is 0 Å². The van der Waals surface area contributed by atoms with Crippen LogP contribution in [-0.2, 0) is 9.59 Å². The Morgan fingerprint density at radius 3 is 2.56 bits per heavy atom. The predicted octanol–water partition coefficient (Wildman–Crippen LogP) is 4.38. The Bertz CT molecular complexity index is 666. The lowest BCUT2D eigenvalue weighted by Gasteiger charge is -2.41. The zero-order valence-electron chi connectivity index (χ0n) is 17.0. The lowest BCUT2D eigenvalue weighted by Crippen LogP contribution is -2.49. The maximum absolute atomic E-state index is 13.3. The Kier molecular flexibility index (Phi) is 6.56. The third kappa shape index (κ3) is 4.72. The Morgan fingerprint density at radius 2 is 1.89 bits per heavy atom. The summed E-state index contributed by atoms with van der Waals surface area (Å²) >= 11 is 0. The van der Waals surface area contributed by atoms with Crippen LogP contribution >= 0.6 is 0 Å². The van der Waals surface area contributed by atoms with E-state index in [0.29, 0.717) is 6.54 Å². The summed E-state index contributed by atoms with van der Waals surface area (Å²) in [5, 5.41) is 3.12. The van der Waals surface area contributed by atoms with Crippen LogP contribution in [0.25, 0.3) is 0 Å². The molecule has 148 valence electrons. The number of aryl methyl sites for hydroxylation is 1. The van der Waals surface area contributed by atoms with E-state index < -0.39 is 0 Å². The van der Waals surface area contributed by atoms with Gasteiger partial charge < -0.3 is 10.2 Å². The molecule has 1 aromatic rings. The average molecular weight is 371 g/mol. The van der Waals surface area contributed by atoms with Gasteiger partial charge in [-0.2, -0.15) is 0 Å². The predicted molar refractivity (Wildman–Crippen MR) is 108 cm³/mol. The monoisotopic (exact) mass is 370 g/mol. The maximum atomic E-state index is 13.3. The van der Waals surface area contributed by atoms with E-state index in [4.69, 9.17) is 0 Å².